The molecule has 0 bridgehead atoms. The lowest BCUT2D eigenvalue weighted by Crippen LogP contribution is -2.13. The van der Waals surface area contributed by atoms with Crippen molar-refractivity contribution in [3.63, 3.8) is 0 Å². The molecule has 19 heavy (non-hydrogen) atoms. The third-order valence-electron chi connectivity index (χ3n) is 2.40. The first-order chi connectivity index (χ1) is 8.92. The molecule has 0 aliphatic carbocycles. The number of nitrogens with zero attached hydrogens (tertiary/aromatic N) is 1. The summed E-state index contributed by atoms with van der Waals surface area (Å²) in [6.45, 7) is 1.90. The van der Waals surface area contributed by atoms with E-state index in [1.165, 1.54) is 6.20 Å². The highest BCUT2D eigenvalue weighted by Gasteiger charge is 2.18. The number of aromatic nitrogens is 2. The average Bonchev–Trinajstić information content (AvgIpc) is 2.83. The van der Waals surface area contributed by atoms with Crippen molar-refractivity contribution in [1.82, 2.24) is 9.97 Å². The molecule has 0 fully saturated rings. The minimum absolute atomic E-state index is 0.0521. The predicted octanol–water partition coefficient (Wildman–Crippen LogP) is 3.30. The van der Waals surface area contributed by atoms with Gasteiger partial charge in [-0.25, -0.2) is 4.98 Å². The van der Waals surface area contributed by atoms with Gasteiger partial charge in [0, 0.05) is 15.4 Å². The van der Waals surface area contributed by atoms with Crippen LogP contribution in [-0.4, -0.2) is 18.4 Å². The smallest absolute Gasteiger partial charge is 0.279 e. The molecule has 2 rings (SSSR count). The second kappa shape index (κ2) is 5.64. The van der Waals surface area contributed by atoms with E-state index >= 15 is 0 Å². The van der Waals surface area contributed by atoms with Crippen LogP contribution in [-0.2, 0) is 16.4 Å². The Kier molecular flexibility index (Phi) is 4.32. The molecule has 1 aromatic heterocycles. The number of aryl methyl sites for hydroxylation is 1. The van der Waals surface area contributed by atoms with Crippen molar-refractivity contribution in [2.45, 2.75) is 18.4 Å². The second-order valence-electron chi connectivity index (χ2n) is 3.78. The number of sulfonamides is 1. The SMILES string of the molecule is CCc1ncc(S(=O)(=O)Nc2cc(Br)ccc2Br)[nH]1. The standard InChI is InChI=1S/C11H11Br2N3O2S/c1-2-10-14-6-11(15-10)19(17,18)16-9-5-7(12)3-4-8(9)13/h3-6,16H,2H2,1H3,(H,14,15). The molecule has 0 spiro atoms. The van der Waals surface area contributed by atoms with Gasteiger partial charge in [0.1, 0.15) is 5.82 Å². The average molecular weight is 409 g/mol. The minimum atomic E-state index is -3.66. The molecule has 102 valence electrons. The van der Waals surface area contributed by atoms with Crippen LogP contribution in [0, 0.1) is 0 Å². The van der Waals surface area contributed by atoms with Gasteiger partial charge < -0.3 is 4.98 Å². The maximum absolute atomic E-state index is 12.2. The van der Waals surface area contributed by atoms with E-state index in [0.717, 1.165) is 4.47 Å². The maximum atomic E-state index is 12.2. The number of nitrogens with one attached hydrogen (secondary N) is 2. The molecule has 1 heterocycles. The van der Waals surface area contributed by atoms with Gasteiger partial charge in [0.25, 0.3) is 10.0 Å². The molecule has 0 aliphatic heterocycles. The Morgan fingerprint density at radius 2 is 2.11 bits per heavy atom. The fourth-order valence-electron chi connectivity index (χ4n) is 1.43. The first-order valence-corrected chi connectivity index (χ1v) is 8.51. The van der Waals surface area contributed by atoms with Crippen molar-refractivity contribution in [3.05, 3.63) is 39.2 Å². The van der Waals surface area contributed by atoms with E-state index in [4.69, 9.17) is 0 Å². The lowest BCUT2D eigenvalue weighted by atomic mass is 10.3. The van der Waals surface area contributed by atoms with E-state index in [-0.39, 0.29) is 5.03 Å². The van der Waals surface area contributed by atoms with Gasteiger partial charge in [-0.3, -0.25) is 4.72 Å². The van der Waals surface area contributed by atoms with Gasteiger partial charge in [-0.15, -0.1) is 0 Å². The van der Waals surface area contributed by atoms with Gasteiger partial charge in [-0.05, 0) is 34.1 Å². The van der Waals surface area contributed by atoms with Gasteiger partial charge in [0.15, 0.2) is 5.03 Å². The zero-order valence-electron chi connectivity index (χ0n) is 9.94. The number of hydrogen-bond acceptors (Lipinski definition) is 3. The molecule has 0 saturated heterocycles. The minimum Gasteiger partial charge on any atom is -0.332 e. The molecule has 0 saturated carbocycles. The van der Waals surface area contributed by atoms with Crippen molar-refractivity contribution < 1.29 is 8.42 Å². The summed E-state index contributed by atoms with van der Waals surface area (Å²) in [4.78, 5) is 6.76. The molecule has 0 unspecified atom stereocenters. The summed E-state index contributed by atoms with van der Waals surface area (Å²) in [5, 5.41) is 0.0521. The third-order valence-corrected chi connectivity index (χ3v) is 4.86. The Balaban J connectivity index is 2.33. The summed E-state index contributed by atoms with van der Waals surface area (Å²) in [6.07, 6.45) is 1.96. The molecule has 8 heteroatoms. The lowest BCUT2D eigenvalue weighted by molar-refractivity contribution is 0.598. The van der Waals surface area contributed by atoms with Crippen molar-refractivity contribution >= 4 is 47.6 Å². The van der Waals surface area contributed by atoms with Gasteiger partial charge in [0.05, 0.1) is 11.9 Å². The first kappa shape index (κ1) is 14.5. The van der Waals surface area contributed by atoms with Crippen molar-refractivity contribution in [1.29, 1.82) is 0 Å². The van der Waals surface area contributed by atoms with E-state index < -0.39 is 10.0 Å². The number of H-pyrrole nitrogens is 1. The number of benzene rings is 1. The van der Waals surface area contributed by atoms with Crippen LogP contribution >= 0.6 is 31.9 Å². The summed E-state index contributed by atoms with van der Waals surface area (Å²) in [7, 11) is -3.66. The van der Waals surface area contributed by atoms with Crippen molar-refractivity contribution in [3.8, 4) is 0 Å². The highest BCUT2D eigenvalue weighted by atomic mass is 79.9. The Bertz CT molecular complexity index is 698. The molecular weight excluding hydrogens is 398 g/mol. The third kappa shape index (κ3) is 3.37. The predicted molar refractivity (Wildman–Crippen MR) is 80.6 cm³/mol. The van der Waals surface area contributed by atoms with Gasteiger partial charge in [-0.2, -0.15) is 8.42 Å². The number of hydrogen-bond donors (Lipinski definition) is 2. The highest BCUT2D eigenvalue weighted by Crippen LogP contribution is 2.28. The molecule has 0 radical (unpaired) electrons. The zero-order chi connectivity index (χ0) is 14.0. The van der Waals surface area contributed by atoms with Crippen LogP contribution in [0.5, 0.6) is 0 Å². The fraction of sp³-hybridized carbons (Fsp3) is 0.182. The van der Waals surface area contributed by atoms with Crippen molar-refractivity contribution in [2.24, 2.45) is 0 Å². The van der Waals surface area contributed by atoms with Gasteiger partial charge in [-0.1, -0.05) is 22.9 Å². The van der Waals surface area contributed by atoms with Gasteiger partial charge >= 0.3 is 0 Å². The van der Waals surface area contributed by atoms with Crippen molar-refractivity contribution in [2.75, 3.05) is 4.72 Å². The van der Waals surface area contributed by atoms with E-state index in [9.17, 15) is 8.42 Å². The normalized spacial score (nSPS) is 11.5. The maximum Gasteiger partial charge on any atom is 0.279 e. The Hall–Kier alpha value is -0.860. The Morgan fingerprint density at radius 3 is 2.74 bits per heavy atom. The van der Waals surface area contributed by atoms with Crippen LogP contribution in [0.1, 0.15) is 12.7 Å². The molecule has 2 N–H and O–H groups in total. The Labute approximate surface area is 128 Å². The number of aromatic amines is 1. The number of rotatable bonds is 4. The molecular formula is C11H11Br2N3O2S. The summed E-state index contributed by atoms with van der Waals surface area (Å²) in [5.74, 6) is 0.633. The van der Waals surface area contributed by atoms with Gasteiger partial charge in [0.2, 0.25) is 0 Å². The molecule has 2 aromatic rings. The van der Waals surface area contributed by atoms with E-state index in [1.54, 1.807) is 12.1 Å². The topological polar surface area (TPSA) is 74.8 Å². The monoisotopic (exact) mass is 407 g/mol. The van der Waals surface area contributed by atoms with Crippen LogP contribution in [0.3, 0.4) is 0 Å². The summed E-state index contributed by atoms with van der Waals surface area (Å²) < 4.78 is 28.3. The lowest BCUT2D eigenvalue weighted by Gasteiger charge is -2.08. The molecule has 1 aromatic carbocycles. The summed E-state index contributed by atoms with van der Waals surface area (Å²) in [6, 6.07) is 5.25. The zero-order valence-corrected chi connectivity index (χ0v) is 13.9. The van der Waals surface area contributed by atoms with E-state index in [0.29, 0.717) is 22.4 Å². The van der Waals surface area contributed by atoms with E-state index in [1.807, 2.05) is 13.0 Å². The van der Waals surface area contributed by atoms with Crippen LogP contribution < -0.4 is 4.72 Å². The molecule has 5 nitrogen and oxygen atoms in total. The van der Waals surface area contributed by atoms with Crippen LogP contribution in [0.2, 0.25) is 0 Å². The largest absolute Gasteiger partial charge is 0.332 e. The molecule has 0 aliphatic rings. The quantitative estimate of drug-likeness (QED) is 0.814. The number of halogens is 2. The first-order valence-electron chi connectivity index (χ1n) is 5.44. The number of anilines is 1. The van der Waals surface area contributed by atoms with Crippen LogP contribution in [0.25, 0.3) is 0 Å². The highest BCUT2D eigenvalue weighted by molar-refractivity contribution is 9.11. The van der Waals surface area contributed by atoms with E-state index in [2.05, 4.69) is 46.5 Å². The second-order valence-corrected chi connectivity index (χ2v) is 7.20. The fourth-order valence-corrected chi connectivity index (χ4v) is 3.29. The number of imidazole rings is 1. The summed E-state index contributed by atoms with van der Waals surface area (Å²) >= 11 is 6.60. The molecule has 0 atom stereocenters. The Morgan fingerprint density at radius 1 is 1.37 bits per heavy atom. The summed E-state index contributed by atoms with van der Waals surface area (Å²) in [5.41, 5.74) is 0.460. The van der Waals surface area contributed by atoms with Crippen LogP contribution in [0.15, 0.2) is 38.4 Å². The van der Waals surface area contributed by atoms with Crippen LogP contribution in [0.4, 0.5) is 5.69 Å². The molecule has 0 amide bonds.